The number of aromatic nitrogens is 2. The fourth-order valence-electron chi connectivity index (χ4n) is 3.79. The lowest BCUT2D eigenvalue weighted by Crippen LogP contribution is -2.38. The number of nitrogens with zero attached hydrogens (tertiary/aromatic N) is 3. The molecule has 0 unspecified atom stereocenters. The van der Waals surface area contributed by atoms with E-state index in [0.29, 0.717) is 17.8 Å². The van der Waals surface area contributed by atoms with E-state index in [-0.39, 0.29) is 47.7 Å². The van der Waals surface area contributed by atoms with E-state index in [1.165, 1.54) is 39.8 Å². The summed E-state index contributed by atoms with van der Waals surface area (Å²) >= 11 is 2.40. The van der Waals surface area contributed by atoms with Crippen LogP contribution in [0.4, 0.5) is 18.3 Å². The summed E-state index contributed by atoms with van der Waals surface area (Å²) in [4.78, 5) is 47.0. The number of benzene rings is 1. The Morgan fingerprint density at radius 2 is 1.78 bits per heavy atom. The average molecular weight is 539 g/mol. The molecule has 13 heteroatoms. The van der Waals surface area contributed by atoms with Gasteiger partial charge in [-0.25, -0.2) is 14.8 Å². The topological polar surface area (TPSA) is 101 Å². The minimum Gasteiger partial charge on any atom is -0.461 e. The second kappa shape index (κ2) is 10.7. The van der Waals surface area contributed by atoms with Gasteiger partial charge in [-0.05, 0) is 31.9 Å². The molecule has 0 atom stereocenters. The van der Waals surface area contributed by atoms with Gasteiger partial charge in [-0.2, -0.15) is 13.2 Å². The van der Waals surface area contributed by atoms with Gasteiger partial charge >= 0.3 is 12.1 Å². The van der Waals surface area contributed by atoms with E-state index in [1.807, 2.05) is 0 Å². The Morgan fingerprint density at radius 3 is 2.47 bits per heavy atom. The molecule has 0 radical (unpaired) electrons. The summed E-state index contributed by atoms with van der Waals surface area (Å²) in [6, 6.07) is 4.78. The largest absolute Gasteiger partial charge is 0.461 e. The van der Waals surface area contributed by atoms with E-state index in [9.17, 15) is 27.6 Å². The van der Waals surface area contributed by atoms with Crippen LogP contribution >= 0.6 is 22.7 Å². The highest BCUT2D eigenvalue weighted by molar-refractivity contribution is 7.14. The number of carbonyl (C=O) groups excluding carboxylic acids is 3. The first-order valence-electron chi connectivity index (χ1n) is 11.0. The molecule has 1 aliphatic heterocycles. The highest BCUT2D eigenvalue weighted by atomic mass is 32.1. The Kier molecular flexibility index (Phi) is 7.69. The molecule has 2 aromatic heterocycles. The Bertz CT molecular complexity index is 1270. The maximum Gasteiger partial charge on any atom is 0.417 e. The highest BCUT2D eigenvalue weighted by Gasteiger charge is 2.36. The molecule has 3 heterocycles. The molecule has 36 heavy (non-hydrogen) atoms. The Labute approximate surface area is 212 Å². The van der Waals surface area contributed by atoms with Crippen LogP contribution in [-0.2, 0) is 10.9 Å². The molecule has 1 aliphatic rings. The molecule has 1 fully saturated rings. The van der Waals surface area contributed by atoms with Crippen LogP contribution in [0.3, 0.4) is 0 Å². The number of rotatable bonds is 6. The molecule has 3 aromatic rings. The lowest BCUT2D eigenvalue weighted by atomic mass is 9.96. The van der Waals surface area contributed by atoms with Crippen LogP contribution in [0.5, 0.6) is 0 Å². The summed E-state index contributed by atoms with van der Waals surface area (Å²) in [7, 11) is 0. The van der Waals surface area contributed by atoms with Gasteiger partial charge in [0.25, 0.3) is 11.8 Å². The SMILES string of the molecule is CCOC(=O)c1csc(NC(=O)c2csc(C3CCN(C(=O)c4ccccc4C(F)(F)F)CC3)n2)n1. The fourth-order valence-corrected chi connectivity index (χ4v) is 5.43. The molecule has 190 valence electrons. The second-order valence-corrected chi connectivity index (χ2v) is 9.64. The van der Waals surface area contributed by atoms with Crippen LogP contribution in [-0.4, -0.2) is 52.3 Å². The number of esters is 1. The number of nitrogens with one attached hydrogen (secondary N) is 1. The van der Waals surface area contributed by atoms with Crippen LogP contribution in [0.15, 0.2) is 35.0 Å². The number of amides is 2. The van der Waals surface area contributed by atoms with Crippen molar-refractivity contribution in [3.05, 3.63) is 62.5 Å². The summed E-state index contributed by atoms with van der Waals surface area (Å²) in [5, 5.41) is 6.67. The first-order valence-corrected chi connectivity index (χ1v) is 12.8. The normalized spacial score (nSPS) is 14.5. The van der Waals surface area contributed by atoms with Crippen molar-refractivity contribution in [2.45, 2.75) is 31.9 Å². The van der Waals surface area contributed by atoms with Crippen molar-refractivity contribution < 1.29 is 32.3 Å². The van der Waals surface area contributed by atoms with Crippen LogP contribution in [0.25, 0.3) is 0 Å². The average Bonchev–Trinajstić information content (AvgIpc) is 3.54. The van der Waals surface area contributed by atoms with E-state index < -0.39 is 29.5 Å². The van der Waals surface area contributed by atoms with Gasteiger partial charge in [-0.1, -0.05) is 12.1 Å². The van der Waals surface area contributed by atoms with Gasteiger partial charge in [0, 0.05) is 29.8 Å². The van der Waals surface area contributed by atoms with Crippen LogP contribution < -0.4 is 5.32 Å². The number of halogens is 3. The van der Waals surface area contributed by atoms with Gasteiger partial charge in [0.15, 0.2) is 10.8 Å². The molecule has 1 aromatic carbocycles. The first kappa shape index (κ1) is 25.8. The van der Waals surface area contributed by atoms with Gasteiger partial charge < -0.3 is 9.64 Å². The second-order valence-electron chi connectivity index (χ2n) is 7.89. The van der Waals surface area contributed by atoms with Gasteiger partial charge in [-0.3, -0.25) is 14.9 Å². The maximum atomic E-state index is 13.3. The lowest BCUT2D eigenvalue weighted by Gasteiger charge is -2.31. The molecular weight excluding hydrogens is 517 g/mol. The quantitative estimate of drug-likeness (QED) is 0.440. The van der Waals surface area contributed by atoms with Crippen LogP contribution in [0.2, 0.25) is 0 Å². The summed E-state index contributed by atoms with van der Waals surface area (Å²) in [5.74, 6) is -1.71. The predicted molar refractivity (Wildman–Crippen MR) is 127 cm³/mol. The molecule has 0 bridgehead atoms. The Balaban J connectivity index is 1.35. The van der Waals surface area contributed by atoms with Crippen molar-refractivity contribution in [3.8, 4) is 0 Å². The Hall–Kier alpha value is -3.32. The van der Waals surface area contributed by atoms with Crippen LogP contribution in [0, 0.1) is 0 Å². The summed E-state index contributed by atoms with van der Waals surface area (Å²) < 4.78 is 44.8. The van der Waals surface area contributed by atoms with E-state index >= 15 is 0 Å². The van der Waals surface area contributed by atoms with Crippen molar-refractivity contribution in [2.75, 3.05) is 25.0 Å². The maximum absolute atomic E-state index is 13.3. The molecule has 2 amide bonds. The van der Waals surface area contributed by atoms with Gasteiger partial charge in [0.2, 0.25) is 0 Å². The number of likely N-dealkylation sites (tertiary alicyclic amines) is 1. The van der Waals surface area contributed by atoms with Gasteiger partial charge in [-0.15, -0.1) is 22.7 Å². The van der Waals surface area contributed by atoms with Crippen molar-refractivity contribution in [2.24, 2.45) is 0 Å². The van der Waals surface area contributed by atoms with Gasteiger partial charge in [0.1, 0.15) is 5.69 Å². The van der Waals surface area contributed by atoms with Gasteiger partial charge in [0.05, 0.1) is 22.7 Å². The molecule has 8 nitrogen and oxygen atoms in total. The van der Waals surface area contributed by atoms with Crippen molar-refractivity contribution in [3.63, 3.8) is 0 Å². The number of hydrogen-bond acceptors (Lipinski definition) is 8. The summed E-state index contributed by atoms with van der Waals surface area (Å²) in [5.41, 5.74) is -0.997. The minimum atomic E-state index is -4.61. The van der Waals surface area contributed by atoms with Crippen molar-refractivity contribution in [1.82, 2.24) is 14.9 Å². The third kappa shape index (κ3) is 5.73. The first-order chi connectivity index (χ1) is 17.2. The number of anilines is 1. The Morgan fingerprint density at radius 1 is 1.08 bits per heavy atom. The minimum absolute atomic E-state index is 0.0197. The third-order valence-electron chi connectivity index (χ3n) is 5.56. The molecule has 0 aliphatic carbocycles. The number of thiazole rings is 2. The molecule has 1 saturated heterocycles. The zero-order valence-electron chi connectivity index (χ0n) is 19.0. The fraction of sp³-hybridized carbons (Fsp3) is 0.348. The zero-order chi connectivity index (χ0) is 25.9. The van der Waals surface area contributed by atoms with E-state index in [0.717, 1.165) is 17.4 Å². The summed E-state index contributed by atoms with van der Waals surface area (Å²) in [6.45, 7) is 2.47. The molecular formula is C23H21F3N4O4S2. The predicted octanol–water partition coefficient (Wildman–Crippen LogP) is 5.07. The zero-order valence-corrected chi connectivity index (χ0v) is 20.6. The number of ether oxygens (including phenoxy) is 1. The number of piperidine rings is 1. The third-order valence-corrected chi connectivity index (χ3v) is 7.32. The van der Waals surface area contributed by atoms with Crippen molar-refractivity contribution >= 4 is 45.6 Å². The molecule has 0 spiro atoms. The molecule has 4 rings (SSSR count). The van der Waals surface area contributed by atoms with Crippen LogP contribution in [0.1, 0.15) is 67.6 Å². The summed E-state index contributed by atoms with van der Waals surface area (Å²) in [6.07, 6.45) is -3.57. The number of hydrogen-bond donors (Lipinski definition) is 1. The van der Waals surface area contributed by atoms with Crippen molar-refractivity contribution in [1.29, 1.82) is 0 Å². The molecule has 1 N–H and O–H groups in total. The van der Waals surface area contributed by atoms with E-state index in [2.05, 4.69) is 15.3 Å². The van der Waals surface area contributed by atoms with E-state index in [4.69, 9.17) is 4.74 Å². The van der Waals surface area contributed by atoms with E-state index in [1.54, 1.807) is 12.3 Å². The standard InChI is InChI=1S/C23H21F3N4O4S2/c1-2-34-21(33)17-12-36-22(28-17)29-18(31)16-11-35-19(27-16)13-7-9-30(10-8-13)20(32)14-5-3-4-6-15(14)23(24,25)26/h3-6,11-13H,2,7-10H2,1H3,(H,28,29,31). The molecule has 0 saturated carbocycles. The highest BCUT2D eigenvalue weighted by Crippen LogP contribution is 2.34. The number of carbonyl (C=O) groups is 3. The lowest BCUT2D eigenvalue weighted by molar-refractivity contribution is -0.138. The smallest absolute Gasteiger partial charge is 0.417 e. The monoisotopic (exact) mass is 538 g/mol. The number of alkyl halides is 3.